The number of methoxy groups -OCH3 is 1. The lowest BCUT2D eigenvalue weighted by molar-refractivity contribution is -0.385. The van der Waals surface area contributed by atoms with Crippen LogP contribution < -0.4 is 9.64 Å². The normalized spacial score (nSPS) is 10.1. The molecule has 0 saturated heterocycles. The zero-order valence-electron chi connectivity index (χ0n) is 14.4. The van der Waals surface area contributed by atoms with Crippen LogP contribution >= 0.6 is 0 Å². The average Bonchev–Trinajstić information content (AvgIpc) is 2.66. The van der Waals surface area contributed by atoms with Crippen LogP contribution in [0.5, 0.6) is 5.75 Å². The van der Waals surface area contributed by atoms with Crippen molar-refractivity contribution in [3.8, 4) is 5.75 Å². The molecule has 0 radical (unpaired) electrons. The summed E-state index contributed by atoms with van der Waals surface area (Å²) < 4.78 is 9.86. The number of carbonyl (C=O) groups is 2. The molecule has 0 bridgehead atoms. The van der Waals surface area contributed by atoms with Crippen LogP contribution in [0.4, 0.5) is 11.4 Å². The lowest BCUT2D eigenvalue weighted by atomic mass is 10.1. The summed E-state index contributed by atoms with van der Waals surface area (Å²) in [7, 11) is 1.22. The second-order valence-corrected chi connectivity index (χ2v) is 5.18. The first-order valence-electron chi connectivity index (χ1n) is 7.82. The SMILES string of the molecule is CCOc1ccc(C(=O)N(CC(=O)OC)c2ccccc2)cc1[N+](=O)[O-]. The van der Waals surface area contributed by atoms with E-state index in [1.807, 2.05) is 0 Å². The topological polar surface area (TPSA) is 99.0 Å². The molecular weight excluding hydrogens is 340 g/mol. The first-order chi connectivity index (χ1) is 12.5. The third kappa shape index (κ3) is 4.35. The van der Waals surface area contributed by atoms with E-state index in [0.29, 0.717) is 5.69 Å². The first kappa shape index (κ1) is 18.9. The number of hydrogen-bond donors (Lipinski definition) is 0. The van der Waals surface area contributed by atoms with Crippen LogP contribution in [0.2, 0.25) is 0 Å². The van der Waals surface area contributed by atoms with Gasteiger partial charge in [-0.15, -0.1) is 0 Å². The van der Waals surface area contributed by atoms with Crippen LogP contribution in [0.15, 0.2) is 48.5 Å². The van der Waals surface area contributed by atoms with E-state index in [2.05, 4.69) is 4.74 Å². The van der Waals surface area contributed by atoms with E-state index < -0.39 is 16.8 Å². The lowest BCUT2D eigenvalue weighted by Gasteiger charge is -2.21. The molecule has 0 aromatic heterocycles. The number of nitro groups is 1. The maximum absolute atomic E-state index is 12.9. The van der Waals surface area contributed by atoms with Gasteiger partial charge in [0.1, 0.15) is 6.54 Å². The van der Waals surface area contributed by atoms with Gasteiger partial charge in [-0.05, 0) is 31.2 Å². The quantitative estimate of drug-likeness (QED) is 0.429. The number of carbonyl (C=O) groups excluding carboxylic acids is 2. The number of hydrogen-bond acceptors (Lipinski definition) is 6. The van der Waals surface area contributed by atoms with Crippen LogP contribution in [-0.2, 0) is 9.53 Å². The second kappa shape index (κ2) is 8.61. The van der Waals surface area contributed by atoms with Gasteiger partial charge < -0.3 is 9.47 Å². The minimum Gasteiger partial charge on any atom is -0.487 e. The van der Waals surface area contributed by atoms with Crippen LogP contribution in [-0.4, -0.2) is 37.1 Å². The van der Waals surface area contributed by atoms with Crippen molar-refractivity contribution in [1.82, 2.24) is 0 Å². The van der Waals surface area contributed by atoms with E-state index in [-0.39, 0.29) is 30.2 Å². The maximum Gasteiger partial charge on any atom is 0.325 e. The molecule has 136 valence electrons. The minimum atomic E-state index is -0.616. The van der Waals surface area contributed by atoms with E-state index >= 15 is 0 Å². The molecule has 0 saturated carbocycles. The van der Waals surface area contributed by atoms with Crippen LogP contribution in [0, 0.1) is 10.1 Å². The number of anilines is 1. The first-order valence-corrected chi connectivity index (χ1v) is 7.82. The predicted molar refractivity (Wildman–Crippen MR) is 94.4 cm³/mol. The smallest absolute Gasteiger partial charge is 0.325 e. The molecule has 0 atom stereocenters. The highest BCUT2D eigenvalue weighted by Crippen LogP contribution is 2.29. The van der Waals surface area contributed by atoms with E-state index in [9.17, 15) is 19.7 Å². The van der Waals surface area contributed by atoms with Gasteiger partial charge in [-0.3, -0.25) is 24.6 Å². The fourth-order valence-corrected chi connectivity index (χ4v) is 2.31. The number of benzene rings is 2. The molecule has 26 heavy (non-hydrogen) atoms. The summed E-state index contributed by atoms with van der Waals surface area (Å²) in [6, 6.07) is 12.4. The van der Waals surface area contributed by atoms with E-state index in [4.69, 9.17) is 4.74 Å². The standard InChI is InChI=1S/C18H18N2O6/c1-3-26-16-10-9-13(11-15(16)20(23)24)18(22)19(12-17(21)25-2)14-7-5-4-6-8-14/h4-11H,3,12H2,1-2H3. The van der Waals surface area contributed by atoms with Gasteiger partial charge in [0.15, 0.2) is 5.75 Å². The molecule has 2 rings (SSSR count). The molecule has 8 nitrogen and oxygen atoms in total. The van der Waals surface area contributed by atoms with Crippen molar-refractivity contribution in [2.45, 2.75) is 6.92 Å². The number of nitrogens with zero attached hydrogens (tertiary/aromatic N) is 2. The molecule has 1 amide bonds. The summed E-state index contributed by atoms with van der Waals surface area (Å²) >= 11 is 0. The highest BCUT2D eigenvalue weighted by Gasteiger charge is 2.24. The highest BCUT2D eigenvalue weighted by molar-refractivity contribution is 6.08. The van der Waals surface area contributed by atoms with Crippen molar-refractivity contribution < 1.29 is 24.0 Å². The Morgan fingerprint density at radius 3 is 2.42 bits per heavy atom. The second-order valence-electron chi connectivity index (χ2n) is 5.18. The summed E-state index contributed by atoms with van der Waals surface area (Å²) in [6.45, 7) is 1.64. The molecule has 0 spiro atoms. The minimum absolute atomic E-state index is 0.0629. The molecule has 2 aromatic carbocycles. The van der Waals surface area contributed by atoms with Crippen LogP contribution in [0.1, 0.15) is 17.3 Å². The largest absolute Gasteiger partial charge is 0.487 e. The summed E-state index contributed by atoms with van der Waals surface area (Å²) in [5.41, 5.74) is 0.219. The summed E-state index contributed by atoms with van der Waals surface area (Å²) in [4.78, 5) is 36.4. The van der Waals surface area contributed by atoms with Crippen molar-refractivity contribution in [2.75, 3.05) is 25.2 Å². The maximum atomic E-state index is 12.9. The van der Waals surface area contributed by atoms with Crippen LogP contribution in [0.3, 0.4) is 0 Å². The number of para-hydroxylation sites is 1. The third-order valence-electron chi connectivity index (χ3n) is 3.53. The van der Waals surface area contributed by atoms with Gasteiger partial charge in [-0.1, -0.05) is 18.2 Å². The summed E-state index contributed by atoms with van der Waals surface area (Å²) in [5.74, 6) is -1.09. The molecule has 0 heterocycles. The number of amides is 1. The Morgan fingerprint density at radius 2 is 1.85 bits per heavy atom. The Morgan fingerprint density at radius 1 is 1.15 bits per heavy atom. The zero-order chi connectivity index (χ0) is 19.1. The number of esters is 1. The number of nitro benzene ring substituents is 1. The van der Waals surface area contributed by atoms with E-state index in [1.165, 1.54) is 24.1 Å². The van der Waals surface area contributed by atoms with Crippen molar-refractivity contribution in [1.29, 1.82) is 0 Å². The van der Waals surface area contributed by atoms with Gasteiger partial charge in [-0.25, -0.2) is 0 Å². The highest BCUT2D eigenvalue weighted by atomic mass is 16.6. The van der Waals surface area contributed by atoms with Crippen molar-refractivity contribution in [2.24, 2.45) is 0 Å². The molecule has 0 unspecified atom stereocenters. The molecule has 8 heteroatoms. The molecule has 0 fully saturated rings. The van der Waals surface area contributed by atoms with Crippen molar-refractivity contribution >= 4 is 23.3 Å². The van der Waals surface area contributed by atoms with Gasteiger partial charge in [0.05, 0.1) is 18.6 Å². The Balaban J connectivity index is 2.43. The average molecular weight is 358 g/mol. The lowest BCUT2D eigenvalue weighted by Crippen LogP contribution is -2.36. The predicted octanol–water partition coefficient (Wildman–Crippen LogP) is 2.81. The Labute approximate surface area is 150 Å². The third-order valence-corrected chi connectivity index (χ3v) is 3.53. The Kier molecular flexibility index (Phi) is 6.26. The van der Waals surface area contributed by atoms with E-state index in [1.54, 1.807) is 37.3 Å². The summed E-state index contributed by atoms with van der Waals surface area (Å²) in [5, 5.41) is 11.3. The van der Waals surface area contributed by atoms with Gasteiger partial charge in [-0.2, -0.15) is 0 Å². The fraction of sp³-hybridized carbons (Fsp3) is 0.222. The molecule has 0 aliphatic heterocycles. The zero-order valence-corrected chi connectivity index (χ0v) is 14.4. The van der Waals surface area contributed by atoms with Gasteiger partial charge in [0.2, 0.25) is 0 Å². The van der Waals surface area contributed by atoms with Gasteiger partial charge >= 0.3 is 11.7 Å². The molecule has 0 aliphatic rings. The van der Waals surface area contributed by atoms with Crippen LogP contribution in [0.25, 0.3) is 0 Å². The van der Waals surface area contributed by atoms with Crippen molar-refractivity contribution in [3.63, 3.8) is 0 Å². The number of ether oxygens (including phenoxy) is 2. The monoisotopic (exact) mass is 358 g/mol. The Hall–Kier alpha value is -3.42. The van der Waals surface area contributed by atoms with E-state index in [0.717, 1.165) is 6.07 Å². The Bertz CT molecular complexity index is 807. The molecule has 0 N–H and O–H groups in total. The molecular formula is C18H18N2O6. The molecule has 0 aliphatic carbocycles. The van der Waals surface area contributed by atoms with Gasteiger partial charge in [0, 0.05) is 17.3 Å². The fourth-order valence-electron chi connectivity index (χ4n) is 2.31. The summed E-state index contributed by atoms with van der Waals surface area (Å²) in [6.07, 6.45) is 0. The van der Waals surface area contributed by atoms with Crippen molar-refractivity contribution in [3.05, 3.63) is 64.2 Å². The number of rotatable bonds is 7. The molecule has 2 aromatic rings. The van der Waals surface area contributed by atoms with Gasteiger partial charge in [0.25, 0.3) is 5.91 Å².